The Bertz CT molecular complexity index is 1010. The van der Waals surface area contributed by atoms with Crippen molar-refractivity contribution in [3.05, 3.63) is 30.5 Å². The van der Waals surface area contributed by atoms with Gasteiger partial charge in [0.1, 0.15) is 12.4 Å². The lowest BCUT2D eigenvalue weighted by Crippen LogP contribution is -2.38. The smallest absolute Gasteiger partial charge is 0.225 e. The van der Waals surface area contributed by atoms with Crippen LogP contribution in [0.5, 0.6) is 5.75 Å². The van der Waals surface area contributed by atoms with Gasteiger partial charge in [0, 0.05) is 31.7 Å². The molecular formula is C22H30N8O2. The van der Waals surface area contributed by atoms with E-state index in [0.29, 0.717) is 35.8 Å². The number of fused-ring (bicyclic) bond motifs is 1. The lowest BCUT2D eigenvalue weighted by atomic mass is 9.92. The van der Waals surface area contributed by atoms with Gasteiger partial charge < -0.3 is 20.5 Å². The van der Waals surface area contributed by atoms with E-state index < -0.39 is 0 Å². The van der Waals surface area contributed by atoms with E-state index in [1.165, 1.54) is 0 Å². The van der Waals surface area contributed by atoms with Crippen LogP contribution in [-0.4, -0.2) is 81.4 Å². The first-order valence-electron chi connectivity index (χ1n) is 11.4. The molecule has 1 aliphatic heterocycles. The average molecular weight is 439 g/mol. The SMILES string of the molecule is N[C@H]1CC[C@H](Nc2ncc3nnn(-c4ccc(OCCN5CCOCC5)cc4)c3n2)CC1. The number of rotatable bonds is 7. The molecule has 0 bridgehead atoms. The molecule has 3 heterocycles. The highest BCUT2D eigenvalue weighted by Crippen LogP contribution is 2.22. The van der Waals surface area contributed by atoms with Gasteiger partial charge >= 0.3 is 0 Å². The van der Waals surface area contributed by atoms with Crippen LogP contribution in [0.25, 0.3) is 16.9 Å². The van der Waals surface area contributed by atoms with Crippen molar-refractivity contribution in [1.29, 1.82) is 0 Å². The molecule has 0 unspecified atom stereocenters. The quantitative estimate of drug-likeness (QED) is 0.567. The number of hydrogen-bond acceptors (Lipinski definition) is 9. The highest BCUT2D eigenvalue weighted by atomic mass is 16.5. The summed E-state index contributed by atoms with van der Waals surface area (Å²) < 4.78 is 13.0. The maximum atomic E-state index is 6.01. The molecule has 2 aromatic heterocycles. The van der Waals surface area contributed by atoms with Crippen LogP contribution in [0.3, 0.4) is 0 Å². The zero-order chi connectivity index (χ0) is 21.8. The van der Waals surface area contributed by atoms with Crippen LogP contribution in [0.15, 0.2) is 30.5 Å². The fourth-order valence-corrected chi connectivity index (χ4v) is 4.22. The normalized spacial score (nSPS) is 22.2. The number of aromatic nitrogens is 5. The van der Waals surface area contributed by atoms with E-state index >= 15 is 0 Å². The summed E-state index contributed by atoms with van der Waals surface area (Å²) in [5, 5.41) is 11.9. The molecule has 3 N–H and O–H groups in total. The van der Waals surface area contributed by atoms with E-state index in [1.54, 1.807) is 10.9 Å². The minimum absolute atomic E-state index is 0.313. The van der Waals surface area contributed by atoms with Crippen LogP contribution in [0, 0.1) is 0 Å². The van der Waals surface area contributed by atoms with Crippen molar-refractivity contribution in [1.82, 2.24) is 29.9 Å². The Kier molecular flexibility index (Phi) is 6.42. The Balaban J connectivity index is 1.23. The molecule has 10 heteroatoms. The van der Waals surface area contributed by atoms with Crippen LogP contribution in [0.2, 0.25) is 0 Å². The van der Waals surface area contributed by atoms with Crippen LogP contribution in [0.4, 0.5) is 5.95 Å². The molecule has 32 heavy (non-hydrogen) atoms. The summed E-state index contributed by atoms with van der Waals surface area (Å²) in [6.07, 6.45) is 5.84. The van der Waals surface area contributed by atoms with E-state index in [0.717, 1.165) is 70.0 Å². The van der Waals surface area contributed by atoms with Crippen LogP contribution < -0.4 is 15.8 Å². The van der Waals surface area contributed by atoms with Crippen LogP contribution in [0.1, 0.15) is 25.7 Å². The molecule has 0 amide bonds. The molecule has 5 rings (SSSR count). The second-order valence-electron chi connectivity index (χ2n) is 8.46. The van der Waals surface area contributed by atoms with Gasteiger partial charge in [-0.15, -0.1) is 5.10 Å². The topological polar surface area (TPSA) is 116 Å². The standard InChI is InChI=1S/C22H30N8O2/c23-16-1-3-17(4-2-16)25-22-24-15-20-21(26-22)30(28-27-20)18-5-7-19(8-6-18)32-14-11-29-9-12-31-13-10-29/h5-8,15-17H,1-4,9-14,23H2,(H,24,25,26)/t16-,17-. The number of nitrogens with two attached hydrogens (primary N) is 1. The molecule has 1 saturated heterocycles. The number of ether oxygens (including phenoxy) is 2. The Hall–Kier alpha value is -2.82. The number of morpholine rings is 1. The van der Waals surface area contributed by atoms with E-state index in [4.69, 9.17) is 15.2 Å². The highest BCUT2D eigenvalue weighted by Gasteiger charge is 2.20. The van der Waals surface area contributed by atoms with Crippen LogP contribution in [-0.2, 0) is 4.74 Å². The van der Waals surface area contributed by atoms with Crippen molar-refractivity contribution in [3.63, 3.8) is 0 Å². The summed E-state index contributed by atoms with van der Waals surface area (Å²) in [6, 6.07) is 8.51. The lowest BCUT2D eigenvalue weighted by molar-refractivity contribution is 0.0322. The molecule has 1 saturated carbocycles. The summed E-state index contributed by atoms with van der Waals surface area (Å²) in [5.74, 6) is 1.43. The highest BCUT2D eigenvalue weighted by molar-refractivity contribution is 5.72. The monoisotopic (exact) mass is 438 g/mol. The molecule has 0 atom stereocenters. The number of hydrogen-bond donors (Lipinski definition) is 2. The molecule has 2 fully saturated rings. The largest absolute Gasteiger partial charge is 0.492 e. The third-order valence-electron chi connectivity index (χ3n) is 6.16. The van der Waals surface area contributed by atoms with Crippen molar-refractivity contribution < 1.29 is 9.47 Å². The van der Waals surface area contributed by atoms with E-state index in [9.17, 15) is 0 Å². The summed E-state index contributed by atoms with van der Waals surface area (Å²) in [4.78, 5) is 11.5. The van der Waals surface area contributed by atoms with Gasteiger partial charge in [-0.25, -0.2) is 4.98 Å². The first-order valence-corrected chi connectivity index (χ1v) is 11.4. The summed E-state index contributed by atoms with van der Waals surface area (Å²) in [7, 11) is 0. The van der Waals surface area contributed by atoms with Crippen LogP contribution >= 0.6 is 0 Å². The lowest BCUT2D eigenvalue weighted by Gasteiger charge is -2.26. The molecule has 170 valence electrons. The molecule has 2 aliphatic rings. The number of benzene rings is 1. The van der Waals surface area contributed by atoms with Gasteiger partial charge in [-0.3, -0.25) is 4.90 Å². The summed E-state index contributed by atoms with van der Waals surface area (Å²) >= 11 is 0. The van der Waals surface area contributed by atoms with Crippen molar-refractivity contribution >= 4 is 17.1 Å². The third kappa shape index (κ3) is 4.98. The fourth-order valence-electron chi connectivity index (χ4n) is 4.22. The molecule has 0 radical (unpaired) electrons. The fraction of sp³-hybridized carbons (Fsp3) is 0.545. The van der Waals surface area contributed by atoms with Gasteiger partial charge in [0.15, 0.2) is 11.2 Å². The van der Waals surface area contributed by atoms with Crippen molar-refractivity contribution in [2.45, 2.75) is 37.8 Å². The first kappa shape index (κ1) is 21.0. The minimum Gasteiger partial charge on any atom is -0.492 e. The van der Waals surface area contributed by atoms with Gasteiger partial charge in [0.2, 0.25) is 5.95 Å². The van der Waals surface area contributed by atoms with E-state index in [1.807, 2.05) is 24.3 Å². The molecule has 10 nitrogen and oxygen atoms in total. The van der Waals surface area contributed by atoms with E-state index in [2.05, 4.69) is 30.5 Å². The molecule has 1 aliphatic carbocycles. The second-order valence-corrected chi connectivity index (χ2v) is 8.46. The third-order valence-corrected chi connectivity index (χ3v) is 6.16. The zero-order valence-corrected chi connectivity index (χ0v) is 18.2. The van der Waals surface area contributed by atoms with Crippen molar-refractivity contribution in [2.75, 3.05) is 44.8 Å². The minimum atomic E-state index is 0.313. The predicted molar refractivity (Wildman–Crippen MR) is 121 cm³/mol. The number of nitrogens with zero attached hydrogens (tertiary/aromatic N) is 6. The van der Waals surface area contributed by atoms with Gasteiger partial charge in [0.25, 0.3) is 0 Å². The second kappa shape index (κ2) is 9.76. The summed E-state index contributed by atoms with van der Waals surface area (Å²) in [6.45, 7) is 5.09. The van der Waals surface area contributed by atoms with Gasteiger partial charge in [-0.1, -0.05) is 5.21 Å². The van der Waals surface area contributed by atoms with Gasteiger partial charge in [0.05, 0.1) is 25.1 Å². The Labute approximate surface area is 187 Å². The Morgan fingerprint density at radius 1 is 1.09 bits per heavy atom. The number of anilines is 1. The first-order chi connectivity index (χ1) is 15.7. The van der Waals surface area contributed by atoms with E-state index in [-0.39, 0.29) is 0 Å². The Morgan fingerprint density at radius 3 is 2.66 bits per heavy atom. The predicted octanol–water partition coefficient (Wildman–Crippen LogP) is 1.60. The maximum absolute atomic E-state index is 6.01. The molecule has 0 spiro atoms. The molecule has 3 aromatic rings. The summed E-state index contributed by atoms with van der Waals surface area (Å²) in [5.41, 5.74) is 8.22. The Morgan fingerprint density at radius 2 is 1.88 bits per heavy atom. The van der Waals surface area contributed by atoms with Gasteiger partial charge in [-0.2, -0.15) is 9.67 Å². The average Bonchev–Trinajstić information content (AvgIpc) is 3.25. The van der Waals surface area contributed by atoms with Crippen molar-refractivity contribution in [3.8, 4) is 11.4 Å². The molecular weight excluding hydrogens is 408 g/mol. The molecule has 1 aromatic carbocycles. The number of nitrogens with one attached hydrogen (secondary N) is 1. The maximum Gasteiger partial charge on any atom is 0.225 e. The van der Waals surface area contributed by atoms with Gasteiger partial charge in [-0.05, 0) is 49.9 Å². The zero-order valence-electron chi connectivity index (χ0n) is 18.2. The van der Waals surface area contributed by atoms with Crippen molar-refractivity contribution in [2.24, 2.45) is 5.73 Å².